The highest BCUT2D eigenvalue weighted by Gasteiger charge is 2.20. The number of carboxylic acid groups (broad SMARTS) is 1. The van der Waals surface area contributed by atoms with E-state index in [1.54, 1.807) is 13.1 Å². The topological polar surface area (TPSA) is 69.6 Å². The fourth-order valence-electron chi connectivity index (χ4n) is 1.59. The summed E-state index contributed by atoms with van der Waals surface area (Å²) >= 11 is 0. The minimum Gasteiger partial charge on any atom is -0.480 e. The van der Waals surface area contributed by atoms with Crippen LogP contribution in [0.5, 0.6) is 0 Å². The highest BCUT2D eigenvalue weighted by molar-refractivity contribution is 5.94. The van der Waals surface area contributed by atoms with Gasteiger partial charge in [-0.2, -0.15) is 0 Å². The van der Waals surface area contributed by atoms with E-state index in [9.17, 15) is 9.59 Å². The largest absolute Gasteiger partial charge is 0.480 e. The molecule has 0 aliphatic carbocycles. The maximum atomic E-state index is 12.0. The summed E-state index contributed by atoms with van der Waals surface area (Å²) in [6.07, 6.45) is 1.65. The molecule has 2 amide bonds. The number of carboxylic acids is 1. The molecule has 0 aromatic heterocycles. The molecule has 1 aromatic rings. The van der Waals surface area contributed by atoms with E-state index >= 15 is 0 Å². The molecule has 0 fully saturated rings. The van der Waals surface area contributed by atoms with Crippen molar-refractivity contribution in [1.29, 1.82) is 0 Å². The normalized spacial score (nSPS) is 11.5. The summed E-state index contributed by atoms with van der Waals surface area (Å²) in [6, 6.07) is 5.98. The molecule has 0 aliphatic rings. The van der Waals surface area contributed by atoms with Crippen LogP contribution < -0.4 is 10.2 Å². The maximum Gasteiger partial charge on any atom is 0.326 e. The molecule has 0 bridgehead atoms. The zero-order chi connectivity index (χ0) is 14.4. The Bertz CT molecular complexity index is 485. The molecule has 0 saturated carbocycles. The van der Waals surface area contributed by atoms with Gasteiger partial charge in [0.05, 0.1) is 0 Å². The second-order valence-electron chi connectivity index (χ2n) is 4.26. The van der Waals surface area contributed by atoms with Gasteiger partial charge in [0.15, 0.2) is 0 Å². The van der Waals surface area contributed by atoms with Gasteiger partial charge in [0, 0.05) is 12.7 Å². The van der Waals surface area contributed by atoms with E-state index in [0.29, 0.717) is 5.69 Å². The van der Waals surface area contributed by atoms with E-state index in [2.05, 4.69) is 11.9 Å². The van der Waals surface area contributed by atoms with Crippen LogP contribution in [0.3, 0.4) is 0 Å². The van der Waals surface area contributed by atoms with E-state index in [0.717, 1.165) is 5.56 Å². The van der Waals surface area contributed by atoms with Crippen molar-refractivity contribution in [2.24, 2.45) is 0 Å². The lowest BCUT2D eigenvalue weighted by atomic mass is 10.2. The molecule has 0 heterocycles. The Morgan fingerprint density at radius 1 is 1.53 bits per heavy atom. The first-order valence-corrected chi connectivity index (χ1v) is 5.90. The number of aryl methyl sites for hydroxylation is 1. The van der Waals surface area contributed by atoms with Crippen molar-refractivity contribution in [1.82, 2.24) is 5.32 Å². The Hall–Kier alpha value is -2.30. The molecule has 0 aliphatic heterocycles. The molecule has 19 heavy (non-hydrogen) atoms. The van der Waals surface area contributed by atoms with Gasteiger partial charge in [-0.05, 0) is 31.0 Å². The van der Waals surface area contributed by atoms with Crippen LogP contribution in [0.4, 0.5) is 10.5 Å². The average molecular weight is 262 g/mol. The molecular formula is C14H18N2O3. The van der Waals surface area contributed by atoms with Crippen molar-refractivity contribution < 1.29 is 14.7 Å². The lowest BCUT2D eigenvalue weighted by molar-refractivity contribution is -0.139. The fraction of sp³-hybridized carbons (Fsp3) is 0.286. The van der Waals surface area contributed by atoms with Crippen LogP contribution in [0.2, 0.25) is 0 Å². The van der Waals surface area contributed by atoms with Crippen molar-refractivity contribution in [3.8, 4) is 0 Å². The molecule has 0 radical (unpaired) electrons. The van der Waals surface area contributed by atoms with Crippen molar-refractivity contribution in [3.63, 3.8) is 0 Å². The van der Waals surface area contributed by atoms with Crippen LogP contribution in [-0.2, 0) is 4.79 Å². The first kappa shape index (κ1) is 14.8. The molecule has 0 spiro atoms. The number of rotatable bonds is 5. The summed E-state index contributed by atoms with van der Waals surface area (Å²) in [6.45, 7) is 5.40. The molecule has 1 rings (SSSR count). The van der Waals surface area contributed by atoms with Gasteiger partial charge in [-0.25, -0.2) is 9.59 Å². The number of hydrogen-bond donors (Lipinski definition) is 2. The molecular weight excluding hydrogens is 244 g/mol. The number of amides is 2. The van der Waals surface area contributed by atoms with E-state index in [-0.39, 0.29) is 6.42 Å². The van der Waals surface area contributed by atoms with Crippen molar-refractivity contribution >= 4 is 17.7 Å². The van der Waals surface area contributed by atoms with Gasteiger partial charge < -0.3 is 10.4 Å². The first-order chi connectivity index (χ1) is 8.95. The standard InChI is InChI=1S/C14H18N2O3/c1-4-6-12(13(17)18)15-14(19)16(3)11-8-5-7-10(2)9-11/h4-5,7-9,12H,1,6H2,2-3H3,(H,15,19)(H,17,18). The quantitative estimate of drug-likeness (QED) is 0.799. The van der Waals surface area contributed by atoms with Gasteiger partial charge in [-0.3, -0.25) is 4.90 Å². The highest BCUT2D eigenvalue weighted by Crippen LogP contribution is 2.14. The summed E-state index contributed by atoms with van der Waals surface area (Å²) in [4.78, 5) is 24.3. The summed E-state index contributed by atoms with van der Waals surface area (Å²) in [5.41, 5.74) is 1.73. The number of carbonyl (C=O) groups excluding carboxylic acids is 1. The van der Waals surface area contributed by atoms with Gasteiger partial charge in [0.2, 0.25) is 0 Å². The van der Waals surface area contributed by atoms with Crippen LogP contribution >= 0.6 is 0 Å². The summed E-state index contributed by atoms with van der Waals surface area (Å²) < 4.78 is 0. The predicted molar refractivity (Wildman–Crippen MR) is 74.4 cm³/mol. The van der Waals surface area contributed by atoms with E-state index in [4.69, 9.17) is 5.11 Å². The van der Waals surface area contributed by atoms with Crippen LogP contribution in [0, 0.1) is 6.92 Å². The Balaban J connectivity index is 2.76. The van der Waals surface area contributed by atoms with Crippen molar-refractivity contribution in [2.75, 3.05) is 11.9 Å². The molecule has 0 saturated heterocycles. The Labute approximate surface area is 112 Å². The number of nitrogens with zero attached hydrogens (tertiary/aromatic N) is 1. The SMILES string of the molecule is C=CCC(NC(=O)N(C)c1cccc(C)c1)C(=O)O. The van der Waals surface area contributed by atoms with Crippen LogP contribution in [-0.4, -0.2) is 30.2 Å². The third-order valence-corrected chi connectivity index (χ3v) is 2.69. The lowest BCUT2D eigenvalue weighted by Crippen LogP contribution is -2.46. The zero-order valence-electron chi connectivity index (χ0n) is 11.1. The molecule has 5 heteroatoms. The third kappa shape index (κ3) is 4.13. The van der Waals surface area contributed by atoms with Crippen LogP contribution in [0.1, 0.15) is 12.0 Å². The summed E-state index contributed by atoms with van der Waals surface area (Å²) in [5, 5.41) is 11.4. The van der Waals surface area contributed by atoms with Gasteiger partial charge in [-0.1, -0.05) is 18.2 Å². The predicted octanol–water partition coefficient (Wildman–Crippen LogP) is 2.17. The van der Waals surface area contributed by atoms with Crippen molar-refractivity contribution in [3.05, 3.63) is 42.5 Å². The van der Waals surface area contributed by atoms with E-state index in [1.165, 1.54) is 11.0 Å². The van der Waals surface area contributed by atoms with Gasteiger partial charge in [-0.15, -0.1) is 6.58 Å². The average Bonchev–Trinajstić information content (AvgIpc) is 2.37. The number of anilines is 1. The smallest absolute Gasteiger partial charge is 0.326 e. The van der Waals surface area contributed by atoms with Gasteiger partial charge in [0.1, 0.15) is 6.04 Å². The van der Waals surface area contributed by atoms with Gasteiger partial charge >= 0.3 is 12.0 Å². The number of carbonyl (C=O) groups is 2. The second kappa shape index (κ2) is 6.58. The Kier molecular flexibility index (Phi) is 5.11. The monoisotopic (exact) mass is 262 g/mol. The van der Waals surface area contributed by atoms with E-state index < -0.39 is 18.0 Å². The first-order valence-electron chi connectivity index (χ1n) is 5.90. The molecule has 102 valence electrons. The number of aliphatic carboxylic acids is 1. The number of hydrogen-bond acceptors (Lipinski definition) is 2. The number of benzene rings is 1. The molecule has 1 aromatic carbocycles. The molecule has 1 unspecified atom stereocenters. The number of urea groups is 1. The van der Waals surface area contributed by atoms with Crippen molar-refractivity contribution in [2.45, 2.75) is 19.4 Å². The molecule has 2 N–H and O–H groups in total. The Morgan fingerprint density at radius 3 is 2.74 bits per heavy atom. The zero-order valence-corrected chi connectivity index (χ0v) is 11.1. The minimum atomic E-state index is -1.08. The second-order valence-corrected chi connectivity index (χ2v) is 4.26. The highest BCUT2D eigenvalue weighted by atomic mass is 16.4. The fourth-order valence-corrected chi connectivity index (χ4v) is 1.59. The maximum absolute atomic E-state index is 12.0. The number of nitrogens with one attached hydrogen (secondary N) is 1. The minimum absolute atomic E-state index is 0.183. The lowest BCUT2D eigenvalue weighted by Gasteiger charge is -2.21. The molecule has 1 atom stereocenters. The van der Waals surface area contributed by atoms with Crippen LogP contribution in [0.25, 0.3) is 0 Å². The molecule has 5 nitrogen and oxygen atoms in total. The van der Waals surface area contributed by atoms with Crippen LogP contribution in [0.15, 0.2) is 36.9 Å². The summed E-state index contributed by atoms with van der Waals surface area (Å²) in [5.74, 6) is -1.08. The van der Waals surface area contributed by atoms with Gasteiger partial charge in [0.25, 0.3) is 0 Å². The Morgan fingerprint density at radius 2 is 2.21 bits per heavy atom. The summed E-state index contributed by atoms with van der Waals surface area (Å²) in [7, 11) is 1.59. The third-order valence-electron chi connectivity index (χ3n) is 2.69. The van der Waals surface area contributed by atoms with E-state index in [1.807, 2.05) is 25.1 Å².